The van der Waals surface area contributed by atoms with Gasteiger partial charge in [0.05, 0.1) is 12.7 Å². The summed E-state index contributed by atoms with van der Waals surface area (Å²) in [6, 6.07) is 5.66. The van der Waals surface area contributed by atoms with E-state index in [0.29, 0.717) is 5.02 Å². The number of carbonyl (C=O) groups is 1. The standard InChI is InChI=1S/C18H23ClN2OS.C4H10.CH2O2/c1-12-6-13(2)10-21(9-12)11-15-8-20-18(23-15)16-7-14(19)4-5-17(16)22-3;1-4(2)3;2-1-3/h4-5,7-8,12-13H,6,9-11H2,1-3H3;4H,1-3H3;1H,(H,2,3)/t12-,13?;;/m1../s1. The number of halogens is 1. The Morgan fingerprint density at radius 2 is 1.87 bits per heavy atom. The number of hydrogen-bond donors (Lipinski definition) is 1. The van der Waals surface area contributed by atoms with Crippen LogP contribution >= 0.6 is 22.9 Å². The maximum absolute atomic E-state index is 8.36. The Bertz CT molecular complexity index is 754. The van der Waals surface area contributed by atoms with E-state index in [1.54, 1.807) is 18.4 Å². The number of likely N-dealkylation sites (tertiary alicyclic amines) is 1. The molecule has 30 heavy (non-hydrogen) atoms. The van der Waals surface area contributed by atoms with Crippen molar-refractivity contribution < 1.29 is 14.6 Å². The van der Waals surface area contributed by atoms with Crippen molar-refractivity contribution >= 4 is 29.4 Å². The van der Waals surface area contributed by atoms with E-state index in [2.05, 4.69) is 44.5 Å². The van der Waals surface area contributed by atoms with E-state index in [4.69, 9.17) is 26.2 Å². The Kier molecular flexibility index (Phi) is 12.0. The lowest BCUT2D eigenvalue weighted by Gasteiger charge is -2.34. The summed E-state index contributed by atoms with van der Waals surface area (Å²) in [5.74, 6) is 3.20. The summed E-state index contributed by atoms with van der Waals surface area (Å²) in [6.45, 7) is 14.3. The first-order valence-electron chi connectivity index (χ1n) is 10.3. The fourth-order valence-electron chi connectivity index (χ4n) is 3.49. The Morgan fingerprint density at radius 3 is 2.40 bits per heavy atom. The van der Waals surface area contributed by atoms with Crippen molar-refractivity contribution in [2.24, 2.45) is 17.8 Å². The maximum Gasteiger partial charge on any atom is 0.290 e. The van der Waals surface area contributed by atoms with Gasteiger partial charge >= 0.3 is 0 Å². The van der Waals surface area contributed by atoms with Gasteiger partial charge in [0.1, 0.15) is 10.8 Å². The topological polar surface area (TPSA) is 62.7 Å². The summed E-state index contributed by atoms with van der Waals surface area (Å²) in [6.07, 6.45) is 3.33. The number of benzene rings is 1. The van der Waals surface area contributed by atoms with Gasteiger partial charge in [0.15, 0.2) is 0 Å². The summed E-state index contributed by atoms with van der Waals surface area (Å²) < 4.78 is 5.44. The van der Waals surface area contributed by atoms with Crippen LogP contribution in [0.25, 0.3) is 10.6 Å². The average Bonchev–Trinajstić information content (AvgIpc) is 3.09. The second kappa shape index (κ2) is 13.6. The minimum Gasteiger partial charge on any atom is -0.496 e. The molecule has 0 bridgehead atoms. The number of rotatable bonds is 4. The minimum absolute atomic E-state index is 0.250. The fraction of sp³-hybridized carbons (Fsp3) is 0.565. The number of carboxylic acid groups (broad SMARTS) is 1. The van der Waals surface area contributed by atoms with Gasteiger partial charge < -0.3 is 9.84 Å². The number of nitrogens with zero attached hydrogens (tertiary/aromatic N) is 2. The van der Waals surface area contributed by atoms with Gasteiger partial charge in [-0.25, -0.2) is 4.98 Å². The highest BCUT2D eigenvalue weighted by atomic mass is 35.5. The van der Waals surface area contributed by atoms with Crippen LogP contribution in [0, 0.1) is 17.8 Å². The normalized spacial score (nSPS) is 18.7. The lowest BCUT2D eigenvalue weighted by molar-refractivity contribution is -0.122. The first kappa shape index (κ1) is 26.4. The predicted molar refractivity (Wildman–Crippen MR) is 127 cm³/mol. The molecule has 0 aliphatic carbocycles. The molecule has 2 atom stereocenters. The lowest BCUT2D eigenvalue weighted by Crippen LogP contribution is -2.37. The quantitative estimate of drug-likeness (QED) is 0.548. The molecule has 1 N–H and O–H groups in total. The molecule has 1 aliphatic rings. The Hall–Kier alpha value is -1.63. The number of thiazole rings is 1. The number of piperidine rings is 1. The van der Waals surface area contributed by atoms with Crippen LogP contribution in [0.15, 0.2) is 24.4 Å². The SMILES string of the molecule is CC(C)C.COc1ccc(Cl)cc1-c1ncc(CN2CC(C)C[C@@H](C)C2)s1.O=CO. The van der Waals surface area contributed by atoms with E-state index in [9.17, 15) is 0 Å². The molecule has 0 saturated carbocycles. The van der Waals surface area contributed by atoms with Gasteiger partial charge in [0.25, 0.3) is 6.47 Å². The summed E-state index contributed by atoms with van der Waals surface area (Å²) in [7, 11) is 1.68. The van der Waals surface area contributed by atoms with E-state index < -0.39 is 0 Å². The van der Waals surface area contributed by atoms with Gasteiger partial charge in [-0.05, 0) is 42.4 Å². The van der Waals surface area contributed by atoms with Crippen LogP contribution in [0.2, 0.25) is 5.02 Å². The van der Waals surface area contributed by atoms with Crippen LogP contribution in [0.3, 0.4) is 0 Å². The van der Waals surface area contributed by atoms with Gasteiger partial charge in [0, 0.05) is 35.7 Å². The van der Waals surface area contributed by atoms with Gasteiger partial charge in [-0.1, -0.05) is 46.2 Å². The van der Waals surface area contributed by atoms with E-state index in [1.807, 2.05) is 24.4 Å². The highest BCUT2D eigenvalue weighted by Crippen LogP contribution is 2.35. The predicted octanol–water partition coefficient (Wildman–Crippen LogP) is 6.31. The molecule has 5 nitrogen and oxygen atoms in total. The Labute approximate surface area is 190 Å². The van der Waals surface area contributed by atoms with Crippen LogP contribution in [-0.4, -0.2) is 41.7 Å². The molecule has 0 spiro atoms. The molecule has 0 amide bonds. The van der Waals surface area contributed by atoms with E-state index in [1.165, 1.54) is 24.4 Å². The monoisotopic (exact) mass is 454 g/mol. The molecular weight excluding hydrogens is 420 g/mol. The third-order valence-electron chi connectivity index (χ3n) is 4.27. The van der Waals surface area contributed by atoms with Crippen molar-refractivity contribution in [3.63, 3.8) is 0 Å². The van der Waals surface area contributed by atoms with E-state index in [-0.39, 0.29) is 6.47 Å². The smallest absolute Gasteiger partial charge is 0.290 e. The van der Waals surface area contributed by atoms with Crippen molar-refractivity contribution in [2.45, 2.75) is 47.6 Å². The molecule has 1 fully saturated rings. The molecule has 168 valence electrons. The van der Waals surface area contributed by atoms with Crippen LogP contribution in [-0.2, 0) is 11.3 Å². The van der Waals surface area contributed by atoms with Crippen molar-refractivity contribution in [1.29, 1.82) is 0 Å². The summed E-state index contributed by atoms with van der Waals surface area (Å²) in [4.78, 5) is 16.8. The molecule has 2 heterocycles. The van der Waals surface area contributed by atoms with Crippen molar-refractivity contribution in [3.05, 3.63) is 34.3 Å². The molecule has 3 rings (SSSR count). The summed E-state index contributed by atoms with van der Waals surface area (Å²) in [5.41, 5.74) is 0.969. The fourth-order valence-corrected chi connectivity index (χ4v) is 4.64. The van der Waals surface area contributed by atoms with Crippen LogP contribution in [0.4, 0.5) is 0 Å². The Balaban J connectivity index is 0.000000564. The van der Waals surface area contributed by atoms with Gasteiger partial charge in [-0.15, -0.1) is 11.3 Å². The zero-order chi connectivity index (χ0) is 22.7. The molecule has 1 aromatic carbocycles. The third kappa shape index (κ3) is 9.45. The number of methoxy groups -OCH3 is 1. The summed E-state index contributed by atoms with van der Waals surface area (Å²) >= 11 is 7.86. The second-order valence-corrected chi connectivity index (χ2v) is 10.0. The summed E-state index contributed by atoms with van der Waals surface area (Å²) in [5, 5.41) is 8.56. The molecule has 1 aliphatic heterocycles. The van der Waals surface area contributed by atoms with E-state index in [0.717, 1.165) is 40.6 Å². The third-order valence-corrected chi connectivity index (χ3v) is 5.52. The molecule has 1 unspecified atom stereocenters. The highest BCUT2D eigenvalue weighted by Gasteiger charge is 2.22. The molecule has 0 radical (unpaired) electrons. The number of aromatic nitrogens is 1. The molecule has 7 heteroatoms. The average molecular weight is 455 g/mol. The first-order chi connectivity index (χ1) is 14.2. The van der Waals surface area contributed by atoms with Gasteiger partial charge in [-0.3, -0.25) is 9.69 Å². The molecule has 1 aromatic heterocycles. The molecular formula is C23H35ClN2O3S. The lowest BCUT2D eigenvalue weighted by atomic mass is 9.92. The van der Waals surface area contributed by atoms with Crippen molar-refractivity contribution in [1.82, 2.24) is 9.88 Å². The maximum atomic E-state index is 8.36. The Morgan fingerprint density at radius 1 is 1.30 bits per heavy atom. The van der Waals surface area contributed by atoms with Crippen molar-refractivity contribution in [3.8, 4) is 16.3 Å². The second-order valence-electron chi connectivity index (χ2n) is 8.45. The first-order valence-corrected chi connectivity index (χ1v) is 11.5. The van der Waals surface area contributed by atoms with Crippen LogP contribution < -0.4 is 4.74 Å². The van der Waals surface area contributed by atoms with Crippen LogP contribution in [0.5, 0.6) is 5.75 Å². The highest BCUT2D eigenvalue weighted by molar-refractivity contribution is 7.15. The van der Waals surface area contributed by atoms with Gasteiger partial charge in [0.2, 0.25) is 0 Å². The van der Waals surface area contributed by atoms with Gasteiger partial charge in [-0.2, -0.15) is 0 Å². The minimum atomic E-state index is -0.250. The molecule has 2 aromatic rings. The van der Waals surface area contributed by atoms with Crippen molar-refractivity contribution in [2.75, 3.05) is 20.2 Å². The zero-order valence-electron chi connectivity index (χ0n) is 18.9. The largest absolute Gasteiger partial charge is 0.496 e. The van der Waals surface area contributed by atoms with Crippen LogP contribution in [0.1, 0.15) is 45.9 Å². The molecule has 1 saturated heterocycles. The zero-order valence-corrected chi connectivity index (χ0v) is 20.5. The number of ether oxygens (including phenoxy) is 1. The number of hydrogen-bond acceptors (Lipinski definition) is 5. The van der Waals surface area contributed by atoms with E-state index >= 15 is 0 Å².